The van der Waals surface area contributed by atoms with E-state index in [0.29, 0.717) is 6.54 Å². The maximum absolute atomic E-state index is 12.2. The van der Waals surface area contributed by atoms with Gasteiger partial charge in [-0.3, -0.25) is 9.59 Å². The van der Waals surface area contributed by atoms with Gasteiger partial charge < -0.3 is 10.6 Å². The molecular formula is C14H26N2O2. The van der Waals surface area contributed by atoms with Gasteiger partial charge in [0.15, 0.2) is 5.78 Å². The molecule has 4 heteroatoms. The van der Waals surface area contributed by atoms with Gasteiger partial charge in [-0.05, 0) is 12.8 Å². The summed E-state index contributed by atoms with van der Waals surface area (Å²) in [4.78, 5) is 25.9. The van der Waals surface area contributed by atoms with E-state index in [1.54, 1.807) is 4.90 Å². The number of carbonyl (C=O) groups excluding carboxylic acids is 2. The number of hydrogen-bond donors (Lipinski definition) is 1. The van der Waals surface area contributed by atoms with Crippen molar-refractivity contribution in [3.63, 3.8) is 0 Å². The standard InChI is InChI=1S/C14H26N2O2/c1-14(2,3)12(17)10-16-9-7-5-4-6-8-11(15)13(16)18/h11H,4-10,15H2,1-3H3. The smallest absolute Gasteiger partial charge is 0.239 e. The molecule has 0 aromatic rings. The SMILES string of the molecule is CC(C)(C)C(=O)CN1CCCCCCC(N)C1=O. The van der Waals surface area contributed by atoms with Gasteiger partial charge in [0.2, 0.25) is 5.91 Å². The molecule has 1 rings (SSSR count). The first-order valence-corrected chi connectivity index (χ1v) is 6.90. The van der Waals surface area contributed by atoms with Gasteiger partial charge in [0.05, 0.1) is 12.6 Å². The molecule has 0 aliphatic carbocycles. The van der Waals surface area contributed by atoms with Crippen molar-refractivity contribution in [2.75, 3.05) is 13.1 Å². The number of amides is 1. The van der Waals surface area contributed by atoms with E-state index < -0.39 is 11.5 Å². The highest BCUT2D eigenvalue weighted by Gasteiger charge is 2.28. The van der Waals surface area contributed by atoms with Crippen molar-refractivity contribution in [3.8, 4) is 0 Å². The van der Waals surface area contributed by atoms with Crippen molar-refractivity contribution in [1.29, 1.82) is 0 Å². The molecule has 1 saturated heterocycles. The predicted molar refractivity (Wildman–Crippen MR) is 72.1 cm³/mol. The van der Waals surface area contributed by atoms with Crippen LogP contribution in [0, 0.1) is 5.41 Å². The van der Waals surface area contributed by atoms with Crippen LogP contribution in [-0.4, -0.2) is 35.7 Å². The third-order valence-electron chi connectivity index (χ3n) is 3.49. The molecule has 18 heavy (non-hydrogen) atoms. The van der Waals surface area contributed by atoms with E-state index in [1.807, 2.05) is 20.8 Å². The Balaban J connectivity index is 2.69. The van der Waals surface area contributed by atoms with Gasteiger partial charge >= 0.3 is 0 Å². The fourth-order valence-corrected chi connectivity index (χ4v) is 2.06. The number of carbonyl (C=O) groups is 2. The van der Waals surface area contributed by atoms with E-state index in [9.17, 15) is 9.59 Å². The van der Waals surface area contributed by atoms with Gasteiger partial charge in [-0.2, -0.15) is 0 Å². The van der Waals surface area contributed by atoms with Crippen molar-refractivity contribution in [2.45, 2.75) is 58.9 Å². The van der Waals surface area contributed by atoms with Crippen LogP contribution in [0.1, 0.15) is 52.9 Å². The highest BCUT2D eigenvalue weighted by atomic mass is 16.2. The lowest BCUT2D eigenvalue weighted by Gasteiger charge is -2.27. The summed E-state index contributed by atoms with van der Waals surface area (Å²) in [6.45, 7) is 6.52. The van der Waals surface area contributed by atoms with Crippen LogP contribution in [0.2, 0.25) is 0 Å². The van der Waals surface area contributed by atoms with E-state index in [-0.39, 0.29) is 18.2 Å². The highest BCUT2D eigenvalue weighted by molar-refractivity contribution is 5.90. The average molecular weight is 254 g/mol. The summed E-state index contributed by atoms with van der Waals surface area (Å²) in [5.41, 5.74) is 5.49. The van der Waals surface area contributed by atoms with Crippen LogP contribution >= 0.6 is 0 Å². The van der Waals surface area contributed by atoms with E-state index in [4.69, 9.17) is 5.73 Å². The Morgan fingerprint density at radius 1 is 1.28 bits per heavy atom. The first kappa shape index (κ1) is 15.2. The number of hydrogen-bond acceptors (Lipinski definition) is 3. The molecule has 1 amide bonds. The number of rotatable bonds is 2. The molecule has 0 spiro atoms. The molecule has 1 atom stereocenters. The maximum atomic E-state index is 12.2. The number of Topliss-reactive ketones (excluding diaryl/α,β-unsaturated/α-hetero) is 1. The summed E-state index contributed by atoms with van der Waals surface area (Å²) in [7, 11) is 0. The van der Waals surface area contributed by atoms with Crippen molar-refractivity contribution in [2.24, 2.45) is 11.1 Å². The Kier molecular flexibility index (Phi) is 5.32. The summed E-state index contributed by atoms with van der Waals surface area (Å²) in [5, 5.41) is 0. The van der Waals surface area contributed by atoms with Crippen LogP contribution in [0.4, 0.5) is 0 Å². The zero-order valence-electron chi connectivity index (χ0n) is 11.9. The zero-order chi connectivity index (χ0) is 13.8. The summed E-state index contributed by atoms with van der Waals surface area (Å²) < 4.78 is 0. The molecule has 1 aliphatic heterocycles. The van der Waals surface area contributed by atoms with Gasteiger partial charge in [0, 0.05) is 12.0 Å². The van der Waals surface area contributed by atoms with Gasteiger partial charge in [-0.15, -0.1) is 0 Å². The maximum Gasteiger partial charge on any atom is 0.239 e. The molecule has 0 aromatic carbocycles. The molecule has 0 bridgehead atoms. The Hall–Kier alpha value is -0.900. The van der Waals surface area contributed by atoms with Crippen molar-refractivity contribution in [3.05, 3.63) is 0 Å². The second-order valence-corrected chi connectivity index (χ2v) is 6.24. The van der Waals surface area contributed by atoms with E-state index in [0.717, 1.165) is 32.1 Å². The lowest BCUT2D eigenvalue weighted by Crippen LogP contribution is -2.47. The van der Waals surface area contributed by atoms with Crippen LogP contribution in [0.3, 0.4) is 0 Å². The third kappa shape index (κ3) is 4.41. The highest BCUT2D eigenvalue weighted by Crippen LogP contribution is 2.17. The lowest BCUT2D eigenvalue weighted by molar-refractivity contribution is -0.138. The van der Waals surface area contributed by atoms with E-state index >= 15 is 0 Å². The minimum Gasteiger partial charge on any atom is -0.334 e. The minimum absolute atomic E-state index is 0.0606. The van der Waals surface area contributed by atoms with Gasteiger partial charge in [-0.25, -0.2) is 0 Å². The normalized spacial score (nSPS) is 23.2. The quantitative estimate of drug-likeness (QED) is 0.816. The minimum atomic E-state index is -0.434. The van der Waals surface area contributed by atoms with Crippen LogP contribution in [0.15, 0.2) is 0 Å². The third-order valence-corrected chi connectivity index (χ3v) is 3.49. The lowest BCUT2D eigenvalue weighted by atomic mass is 9.90. The number of nitrogens with zero attached hydrogens (tertiary/aromatic N) is 1. The van der Waals surface area contributed by atoms with E-state index in [1.165, 1.54) is 0 Å². The Morgan fingerprint density at radius 2 is 1.89 bits per heavy atom. The first-order valence-electron chi connectivity index (χ1n) is 6.90. The Labute approximate surface area is 110 Å². The Bertz CT molecular complexity index is 307. The number of ketones is 1. The van der Waals surface area contributed by atoms with Crippen LogP contribution in [-0.2, 0) is 9.59 Å². The second kappa shape index (κ2) is 6.32. The fraction of sp³-hybridized carbons (Fsp3) is 0.857. The van der Waals surface area contributed by atoms with Crippen molar-refractivity contribution in [1.82, 2.24) is 4.90 Å². The molecule has 104 valence electrons. The molecule has 0 saturated carbocycles. The van der Waals surface area contributed by atoms with Crippen LogP contribution in [0.5, 0.6) is 0 Å². The monoisotopic (exact) mass is 254 g/mol. The zero-order valence-corrected chi connectivity index (χ0v) is 11.9. The van der Waals surface area contributed by atoms with Gasteiger partial charge in [0.25, 0.3) is 0 Å². The van der Waals surface area contributed by atoms with Crippen LogP contribution in [0.25, 0.3) is 0 Å². The summed E-state index contributed by atoms with van der Waals surface area (Å²) in [6, 6.07) is -0.434. The summed E-state index contributed by atoms with van der Waals surface area (Å²) >= 11 is 0. The summed E-state index contributed by atoms with van der Waals surface area (Å²) in [6.07, 6.45) is 4.95. The first-order chi connectivity index (χ1) is 8.32. The fourth-order valence-electron chi connectivity index (χ4n) is 2.06. The molecular weight excluding hydrogens is 228 g/mol. The predicted octanol–water partition coefficient (Wildman–Crippen LogP) is 1.72. The molecule has 0 aromatic heterocycles. The molecule has 1 fully saturated rings. The summed E-state index contributed by atoms with van der Waals surface area (Å²) in [5.74, 6) is 0.0387. The van der Waals surface area contributed by atoms with Crippen molar-refractivity contribution < 1.29 is 9.59 Å². The topological polar surface area (TPSA) is 63.4 Å². The molecule has 2 N–H and O–H groups in total. The number of nitrogens with two attached hydrogens (primary N) is 1. The van der Waals surface area contributed by atoms with Crippen LogP contribution < -0.4 is 5.73 Å². The van der Waals surface area contributed by atoms with Gasteiger partial charge in [0.1, 0.15) is 0 Å². The molecule has 1 unspecified atom stereocenters. The average Bonchev–Trinajstić information content (AvgIpc) is 2.34. The Morgan fingerprint density at radius 3 is 2.50 bits per heavy atom. The molecule has 1 aliphatic rings. The van der Waals surface area contributed by atoms with E-state index in [2.05, 4.69) is 0 Å². The molecule has 0 radical (unpaired) electrons. The van der Waals surface area contributed by atoms with Crippen molar-refractivity contribution >= 4 is 11.7 Å². The molecule has 4 nitrogen and oxygen atoms in total. The largest absolute Gasteiger partial charge is 0.334 e. The molecule has 1 heterocycles. The van der Waals surface area contributed by atoms with Gasteiger partial charge in [-0.1, -0.05) is 40.0 Å². The second-order valence-electron chi connectivity index (χ2n) is 6.24.